The highest BCUT2D eigenvalue weighted by Crippen LogP contribution is 2.28. The molecule has 2 aliphatic rings. The van der Waals surface area contributed by atoms with Crippen LogP contribution in [0.1, 0.15) is 54.0 Å². The van der Waals surface area contributed by atoms with Crippen LogP contribution in [-0.4, -0.2) is 59.0 Å². The lowest BCUT2D eigenvalue weighted by atomic mass is 10.1. The molecular weight excluding hydrogens is 364 g/mol. The van der Waals surface area contributed by atoms with Crippen LogP contribution in [0.25, 0.3) is 5.69 Å². The number of nitrogens with one attached hydrogen (secondary N) is 1. The minimum atomic E-state index is -0.0424. The molecule has 1 aliphatic heterocycles. The van der Waals surface area contributed by atoms with Crippen molar-refractivity contribution in [1.82, 2.24) is 20.0 Å². The molecule has 1 saturated heterocycles. The highest BCUT2D eigenvalue weighted by molar-refractivity contribution is 5.94. The summed E-state index contributed by atoms with van der Waals surface area (Å²) < 4.78 is 7.78. The third kappa shape index (κ3) is 4.38. The molecule has 6 heteroatoms. The van der Waals surface area contributed by atoms with Crippen LogP contribution in [0.4, 0.5) is 0 Å². The molecule has 1 aliphatic carbocycles. The van der Waals surface area contributed by atoms with Gasteiger partial charge >= 0.3 is 0 Å². The van der Waals surface area contributed by atoms with Crippen LogP contribution in [0.2, 0.25) is 0 Å². The fourth-order valence-corrected chi connectivity index (χ4v) is 4.68. The molecule has 156 valence electrons. The molecule has 1 aromatic carbocycles. The quantitative estimate of drug-likeness (QED) is 0.763. The Bertz CT molecular complexity index is 866. The molecule has 2 atom stereocenters. The van der Waals surface area contributed by atoms with E-state index in [0.717, 1.165) is 56.6 Å². The molecule has 4 rings (SSSR count). The number of rotatable bonds is 6. The number of aryl methyl sites for hydroxylation is 1. The van der Waals surface area contributed by atoms with E-state index in [1.54, 1.807) is 0 Å². The maximum Gasteiger partial charge on any atom is 0.272 e. The molecule has 2 aromatic rings. The Balaban J connectivity index is 1.38. The summed E-state index contributed by atoms with van der Waals surface area (Å²) in [7, 11) is 0. The van der Waals surface area contributed by atoms with Gasteiger partial charge in [-0.2, -0.15) is 5.10 Å². The predicted octanol–water partition coefficient (Wildman–Crippen LogP) is 2.90. The number of amides is 1. The van der Waals surface area contributed by atoms with Gasteiger partial charge in [-0.05, 0) is 58.1 Å². The van der Waals surface area contributed by atoms with Crippen molar-refractivity contribution in [3.8, 4) is 5.69 Å². The standard InChI is InChI=1S/C23H32N4O2/c1-16-8-4-5-10-20(16)27-21-11-6-9-19(21)22(25-27)23(28)24-12-7-13-26-14-17(2)29-18(3)15-26/h4-5,8,10,17-18H,6-7,9,11-15H2,1-3H3,(H,24,28). The van der Waals surface area contributed by atoms with Gasteiger partial charge in [-0.3, -0.25) is 9.69 Å². The third-order valence-electron chi connectivity index (χ3n) is 5.92. The Kier molecular flexibility index (Phi) is 6.01. The van der Waals surface area contributed by atoms with Gasteiger partial charge in [-0.15, -0.1) is 0 Å². The van der Waals surface area contributed by atoms with Gasteiger partial charge in [0.15, 0.2) is 5.69 Å². The molecule has 0 bridgehead atoms. The zero-order valence-electron chi connectivity index (χ0n) is 17.8. The Morgan fingerprint density at radius 1 is 1.21 bits per heavy atom. The van der Waals surface area contributed by atoms with Gasteiger partial charge in [0.2, 0.25) is 0 Å². The number of hydrogen-bond acceptors (Lipinski definition) is 4. The number of aromatic nitrogens is 2. The summed E-state index contributed by atoms with van der Waals surface area (Å²) in [4.78, 5) is 15.3. The van der Waals surface area contributed by atoms with E-state index in [1.807, 2.05) is 16.8 Å². The first-order chi connectivity index (χ1) is 14.0. The van der Waals surface area contributed by atoms with Crippen molar-refractivity contribution < 1.29 is 9.53 Å². The molecule has 2 heterocycles. The summed E-state index contributed by atoms with van der Waals surface area (Å²) in [5, 5.41) is 7.83. The van der Waals surface area contributed by atoms with Crippen molar-refractivity contribution in [2.24, 2.45) is 0 Å². The molecule has 1 N–H and O–H groups in total. The van der Waals surface area contributed by atoms with Crippen LogP contribution in [-0.2, 0) is 17.6 Å². The number of benzene rings is 1. The lowest BCUT2D eigenvalue weighted by molar-refractivity contribution is -0.0680. The smallest absolute Gasteiger partial charge is 0.272 e. The molecule has 1 amide bonds. The molecule has 1 fully saturated rings. The van der Waals surface area contributed by atoms with E-state index in [2.05, 4.69) is 43.1 Å². The van der Waals surface area contributed by atoms with Crippen molar-refractivity contribution in [3.05, 3.63) is 46.8 Å². The predicted molar refractivity (Wildman–Crippen MR) is 114 cm³/mol. The molecular formula is C23H32N4O2. The van der Waals surface area contributed by atoms with Gasteiger partial charge < -0.3 is 10.1 Å². The van der Waals surface area contributed by atoms with Crippen LogP contribution >= 0.6 is 0 Å². The Morgan fingerprint density at radius 2 is 1.97 bits per heavy atom. The van der Waals surface area contributed by atoms with E-state index in [9.17, 15) is 4.79 Å². The fraction of sp³-hybridized carbons (Fsp3) is 0.565. The van der Waals surface area contributed by atoms with Crippen LogP contribution in [0.15, 0.2) is 24.3 Å². The molecule has 0 spiro atoms. The highest BCUT2D eigenvalue weighted by Gasteiger charge is 2.27. The molecule has 6 nitrogen and oxygen atoms in total. The first-order valence-electron chi connectivity index (χ1n) is 10.9. The molecule has 1 aromatic heterocycles. The summed E-state index contributed by atoms with van der Waals surface area (Å²) in [6.45, 7) is 9.91. The Morgan fingerprint density at radius 3 is 2.72 bits per heavy atom. The number of carbonyl (C=O) groups is 1. The average molecular weight is 397 g/mol. The lowest BCUT2D eigenvalue weighted by Gasteiger charge is -2.35. The summed E-state index contributed by atoms with van der Waals surface area (Å²) in [5.74, 6) is -0.0424. The van der Waals surface area contributed by atoms with Gasteiger partial charge in [0.05, 0.1) is 17.9 Å². The number of morpholine rings is 1. The van der Waals surface area contributed by atoms with Gasteiger partial charge in [-0.25, -0.2) is 4.68 Å². The van der Waals surface area contributed by atoms with Gasteiger partial charge in [-0.1, -0.05) is 18.2 Å². The topological polar surface area (TPSA) is 59.4 Å². The average Bonchev–Trinajstić information content (AvgIpc) is 3.28. The van der Waals surface area contributed by atoms with Crippen molar-refractivity contribution in [2.45, 2.75) is 58.7 Å². The van der Waals surface area contributed by atoms with E-state index in [4.69, 9.17) is 9.84 Å². The summed E-state index contributed by atoms with van der Waals surface area (Å²) in [6.07, 6.45) is 4.51. The molecule has 2 unspecified atom stereocenters. The number of carbonyl (C=O) groups excluding carboxylic acids is 1. The number of fused-ring (bicyclic) bond motifs is 1. The number of para-hydroxylation sites is 1. The monoisotopic (exact) mass is 396 g/mol. The zero-order chi connectivity index (χ0) is 20.4. The maximum absolute atomic E-state index is 12.9. The fourth-order valence-electron chi connectivity index (χ4n) is 4.68. The number of ether oxygens (including phenoxy) is 1. The highest BCUT2D eigenvalue weighted by atomic mass is 16.5. The van der Waals surface area contributed by atoms with Crippen molar-refractivity contribution >= 4 is 5.91 Å². The van der Waals surface area contributed by atoms with E-state index in [-0.39, 0.29) is 18.1 Å². The lowest BCUT2D eigenvalue weighted by Crippen LogP contribution is -2.46. The third-order valence-corrected chi connectivity index (χ3v) is 5.92. The largest absolute Gasteiger partial charge is 0.373 e. The van der Waals surface area contributed by atoms with E-state index < -0.39 is 0 Å². The first kappa shape index (κ1) is 20.1. The van der Waals surface area contributed by atoms with Crippen molar-refractivity contribution in [1.29, 1.82) is 0 Å². The SMILES string of the molecule is Cc1ccccc1-n1nc(C(=O)NCCCN2CC(C)OC(C)C2)c2c1CCC2. The summed E-state index contributed by atoms with van der Waals surface area (Å²) >= 11 is 0. The van der Waals surface area contributed by atoms with Crippen LogP contribution < -0.4 is 5.32 Å². The minimum absolute atomic E-state index is 0.0424. The zero-order valence-corrected chi connectivity index (χ0v) is 17.8. The number of hydrogen-bond donors (Lipinski definition) is 1. The van der Waals surface area contributed by atoms with Crippen molar-refractivity contribution in [2.75, 3.05) is 26.2 Å². The second kappa shape index (κ2) is 8.67. The van der Waals surface area contributed by atoms with Gasteiger partial charge in [0.25, 0.3) is 5.91 Å². The molecule has 0 saturated carbocycles. The normalized spacial score (nSPS) is 21.9. The second-order valence-electron chi connectivity index (χ2n) is 8.45. The van der Waals surface area contributed by atoms with Gasteiger partial charge in [0.1, 0.15) is 0 Å². The minimum Gasteiger partial charge on any atom is -0.373 e. The maximum atomic E-state index is 12.9. The summed E-state index contributed by atoms with van der Waals surface area (Å²) in [6, 6.07) is 8.23. The van der Waals surface area contributed by atoms with E-state index in [1.165, 1.54) is 11.3 Å². The van der Waals surface area contributed by atoms with Crippen LogP contribution in [0.3, 0.4) is 0 Å². The van der Waals surface area contributed by atoms with E-state index >= 15 is 0 Å². The number of nitrogens with zero attached hydrogens (tertiary/aromatic N) is 3. The van der Waals surface area contributed by atoms with Crippen LogP contribution in [0.5, 0.6) is 0 Å². The summed E-state index contributed by atoms with van der Waals surface area (Å²) in [5.41, 5.74) is 5.17. The van der Waals surface area contributed by atoms with Crippen molar-refractivity contribution in [3.63, 3.8) is 0 Å². The molecule has 29 heavy (non-hydrogen) atoms. The Labute approximate surface area is 173 Å². The van der Waals surface area contributed by atoms with E-state index in [0.29, 0.717) is 12.2 Å². The first-order valence-corrected chi connectivity index (χ1v) is 10.9. The molecule has 0 radical (unpaired) electrons. The Hall–Kier alpha value is -2.18. The van der Waals surface area contributed by atoms with Gasteiger partial charge in [0, 0.05) is 37.4 Å². The van der Waals surface area contributed by atoms with Crippen LogP contribution in [0, 0.1) is 6.92 Å². The second-order valence-corrected chi connectivity index (χ2v) is 8.45.